The average molecular weight is 168 g/mol. The first kappa shape index (κ1) is 7.65. The lowest BCUT2D eigenvalue weighted by Crippen LogP contribution is -2.28. The van der Waals surface area contributed by atoms with Gasteiger partial charge in [-0.3, -0.25) is 0 Å². The second kappa shape index (κ2) is 2.51. The van der Waals surface area contributed by atoms with Crippen LogP contribution in [0.25, 0.3) is 0 Å². The minimum atomic E-state index is -1.15. The molecule has 0 aromatic carbocycles. The van der Waals surface area contributed by atoms with E-state index in [-0.39, 0.29) is 6.10 Å². The van der Waals surface area contributed by atoms with E-state index in [2.05, 4.69) is 19.1 Å². The van der Waals surface area contributed by atoms with Gasteiger partial charge in [-0.05, 0) is 12.3 Å². The fourth-order valence-corrected chi connectivity index (χ4v) is 2.34. The van der Waals surface area contributed by atoms with Crippen LogP contribution < -0.4 is 0 Å². The lowest BCUT2D eigenvalue weighted by molar-refractivity contribution is 0.0221. The van der Waals surface area contributed by atoms with E-state index in [0.29, 0.717) is 17.8 Å². The fourth-order valence-electron chi connectivity index (χ4n) is 2.34. The van der Waals surface area contributed by atoms with Gasteiger partial charge in [0.05, 0.1) is 0 Å². The largest absolute Gasteiger partial charge is 0.506 e. The molecule has 66 valence electrons. The minimum Gasteiger partial charge on any atom is -0.450 e. The molecule has 2 bridgehead atoms. The summed E-state index contributed by atoms with van der Waals surface area (Å²) in [6, 6.07) is 0. The lowest BCUT2D eigenvalue weighted by atomic mass is 9.93. The predicted octanol–water partition coefficient (Wildman–Crippen LogP) is 1.89. The highest BCUT2D eigenvalue weighted by Crippen LogP contribution is 2.44. The van der Waals surface area contributed by atoms with Crippen LogP contribution in [-0.4, -0.2) is 17.4 Å². The molecule has 2 rings (SSSR count). The molecular weight excluding hydrogens is 156 g/mol. The van der Waals surface area contributed by atoms with Crippen LogP contribution in [0.2, 0.25) is 0 Å². The summed E-state index contributed by atoms with van der Waals surface area (Å²) in [5.41, 5.74) is 0. The Hall–Kier alpha value is -0.990. The monoisotopic (exact) mass is 168 g/mol. The Balaban J connectivity index is 2.08. The summed E-state index contributed by atoms with van der Waals surface area (Å²) in [5.74, 6) is 1.23. The molecule has 0 spiro atoms. The molecule has 0 saturated heterocycles. The quantitative estimate of drug-likeness (QED) is 0.480. The molecule has 2 aliphatic rings. The summed E-state index contributed by atoms with van der Waals surface area (Å²) >= 11 is 0. The van der Waals surface area contributed by atoms with Gasteiger partial charge in [-0.2, -0.15) is 0 Å². The van der Waals surface area contributed by atoms with Gasteiger partial charge >= 0.3 is 6.16 Å². The fraction of sp³-hybridized carbons (Fsp3) is 0.667. The first-order valence-corrected chi connectivity index (χ1v) is 4.26. The number of allylic oxidation sites excluding steroid dienone is 1. The summed E-state index contributed by atoms with van der Waals surface area (Å²) in [6.07, 6.45) is 4.08. The zero-order valence-electron chi connectivity index (χ0n) is 6.93. The maximum absolute atomic E-state index is 10.3. The number of rotatable bonds is 1. The second-order valence-electron chi connectivity index (χ2n) is 3.66. The van der Waals surface area contributed by atoms with Crippen molar-refractivity contribution in [2.24, 2.45) is 17.8 Å². The van der Waals surface area contributed by atoms with Gasteiger partial charge in [0.15, 0.2) is 0 Å². The molecule has 0 radical (unpaired) electrons. The molecule has 0 aromatic heterocycles. The third kappa shape index (κ3) is 1.00. The number of hydrogen-bond donors (Lipinski definition) is 1. The van der Waals surface area contributed by atoms with Gasteiger partial charge < -0.3 is 9.84 Å². The van der Waals surface area contributed by atoms with Crippen LogP contribution in [0.15, 0.2) is 12.2 Å². The van der Waals surface area contributed by atoms with Crippen molar-refractivity contribution in [2.75, 3.05) is 0 Å². The zero-order chi connectivity index (χ0) is 8.72. The van der Waals surface area contributed by atoms with Crippen molar-refractivity contribution in [1.82, 2.24) is 0 Å². The first-order valence-electron chi connectivity index (χ1n) is 4.26. The Kier molecular flexibility index (Phi) is 1.60. The molecule has 0 amide bonds. The Morgan fingerprint density at radius 1 is 1.50 bits per heavy atom. The van der Waals surface area contributed by atoms with Crippen LogP contribution in [0, 0.1) is 17.8 Å². The SMILES string of the molecule is CC1C2C=CC(C2)C1OC(=O)O. The normalized spacial score (nSPS) is 43.4. The number of hydrogen-bond acceptors (Lipinski definition) is 2. The van der Waals surface area contributed by atoms with Gasteiger partial charge in [-0.25, -0.2) is 4.79 Å². The Morgan fingerprint density at radius 2 is 2.17 bits per heavy atom. The Labute approximate surface area is 71.0 Å². The third-order valence-corrected chi connectivity index (χ3v) is 3.00. The van der Waals surface area contributed by atoms with Crippen LogP contribution in [0.4, 0.5) is 4.79 Å². The highest BCUT2D eigenvalue weighted by atomic mass is 16.7. The van der Waals surface area contributed by atoms with Gasteiger partial charge in [0, 0.05) is 11.8 Å². The van der Waals surface area contributed by atoms with E-state index < -0.39 is 6.16 Å². The Morgan fingerprint density at radius 3 is 2.67 bits per heavy atom. The van der Waals surface area contributed by atoms with Gasteiger partial charge in [0.2, 0.25) is 0 Å². The number of carbonyl (C=O) groups is 1. The van der Waals surface area contributed by atoms with E-state index in [4.69, 9.17) is 9.84 Å². The summed E-state index contributed by atoms with van der Waals surface area (Å²) in [4.78, 5) is 10.3. The van der Waals surface area contributed by atoms with Crippen LogP contribution in [0.3, 0.4) is 0 Å². The van der Waals surface area contributed by atoms with E-state index in [0.717, 1.165) is 6.42 Å². The molecule has 0 aliphatic heterocycles. The molecule has 1 N–H and O–H groups in total. The molecule has 1 fully saturated rings. The average Bonchev–Trinajstić information content (AvgIpc) is 2.53. The summed E-state index contributed by atoms with van der Waals surface area (Å²) in [5, 5.41) is 8.47. The molecular formula is C9H12O3. The second-order valence-corrected chi connectivity index (χ2v) is 3.66. The zero-order valence-corrected chi connectivity index (χ0v) is 6.93. The van der Waals surface area contributed by atoms with Crippen molar-refractivity contribution in [3.05, 3.63) is 12.2 Å². The number of ether oxygens (including phenoxy) is 1. The number of fused-ring (bicyclic) bond motifs is 2. The van der Waals surface area contributed by atoms with Crippen molar-refractivity contribution in [2.45, 2.75) is 19.4 Å². The van der Waals surface area contributed by atoms with E-state index in [1.807, 2.05) is 0 Å². The van der Waals surface area contributed by atoms with Crippen molar-refractivity contribution in [3.8, 4) is 0 Å². The lowest BCUT2D eigenvalue weighted by Gasteiger charge is -2.22. The van der Waals surface area contributed by atoms with Gasteiger partial charge in [0.25, 0.3) is 0 Å². The molecule has 0 heterocycles. The van der Waals surface area contributed by atoms with Gasteiger partial charge in [0.1, 0.15) is 6.10 Å². The highest BCUT2D eigenvalue weighted by Gasteiger charge is 2.44. The first-order chi connectivity index (χ1) is 5.68. The van der Waals surface area contributed by atoms with Crippen molar-refractivity contribution < 1.29 is 14.6 Å². The molecule has 4 atom stereocenters. The third-order valence-electron chi connectivity index (χ3n) is 3.00. The number of carboxylic acid groups (broad SMARTS) is 1. The maximum Gasteiger partial charge on any atom is 0.506 e. The smallest absolute Gasteiger partial charge is 0.450 e. The molecule has 0 aromatic rings. The summed E-state index contributed by atoms with van der Waals surface area (Å²) < 4.78 is 4.82. The predicted molar refractivity (Wildman–Crippen MR) is 42.8 cm³/mol. The molecule has 3 nitrogen and oxygen atoms in total. The summed E-state index contributed by atoms with van der Waals surface area (Å²) in [6.45, 7) is 2.06. The van der Waals surface area contributed by atoms with E-state index in [9.17, 15) is 4.79 Å². The van der Waals surface area contributed by atoms with Crippen LogP contribution in [0.1, 0.15) is 13.3 Å². The molecule has 4 unspecified atom stereocenters. The topological polar surface area (TPSA) is 46.5 Å². The van der Waals surface area contributed by atoms with Crippen LogP contribution in [0.5, 0.6) is 0 Å². The van der Waals surface area contributed by atoms with Crippen molar-refractivity contribution in [1.29, 1.82) is 0 Å². The Bertz CT molecular complexity index is 234. The van der Waals surface area contributed by atoms with Crippen LogP contribution in [-0.2, 0) is 4.74 Å². The van der Waals surface area contributed by atoms with Gasteiger partial charge in [-0.1, -0.05) is 19.1 Å². The van der Waals surface area contributed by atoms with E-state index >= 15 is 0 Å². The van der Waals surface area contributed by atoms with E-state index in [1.165, 1.54) is 0 Å². The van der Waals surface area contributed by atoms with Crippen molar-refractivity contribution >= 4 is 6.16 Å². The standard InChI is InChI=1S/C9H12O3/c1-5-6-2-3-7(4-6)8(5)12-9(10)11/h2-3,5-8H,4H2,1H3,(H,10,11). The molecule has 1 saturated carbocycles. The molecule has 12 heavy (non-hydrogen) atoms. The van der Waals surface area contributed by atoms with Gasteiger partial charge in [-0.15, -0.1) is 0 Å². The molecule has 2 aliphatic carbocycles. The van der Waals surface area contributed by atoms with E-state index in [1.54, 1.807) is 0 Å². The highest BCUT2D eigenvalue weighted by molar-refractivity contribution is 5.57. The van der Waals surface area contributed by atoms with Crippen LogP contribution >= 0.6 is 0 Å². The minimum absolute atomic E-state index is 0.0995. The van der Waals surface area contributed by atoms with Crippen molar-refractivity contribution in [3.63, 3.8) is 0 Å². The molecule has 3 heteroatoms. The maximum atomic E-state index is 10.3. The summed E-state index contributed by atoms with van der Waals surface area (Å²) in [7, 11) is 0.